The number of nitrogens with one attached hydrogen (secondary N) is 2. The van der Waals surface area contributed by atoms with Crippen LogP contribution in [0.3, 0.4) is 0 Å². The minimum atomic E-state index is -0.870. The average molecular weight is 607 g/mol. The number of benzene rings is 1. The third-order valence-electron chi connectivity index (χ3n) is 8.13. The smallest absolute Gasteiger partial charge is 0.444 e. The molecule has 3 aromatic rings. The number of carbonyl (C=O) groups excluding carboxylic acids is 2. The van der Waals surface area contributed by atoms with Crippen LogP contribution in [0.2, 0.25) is 0 Å². The highest BCUT2D eigenvalue weighted by Gasteiger charge is 2.54. The second kappa shape index (κ2) is 12.9. The Bertz CT molecular complexity index is 1560. The largest absolute Gasteiger partial charge is 0.482 e. The van der Waals surface area contributed by atoms with Gasteiger partial charge in [0.15, 0.2) is 0 Å². The molecule has 4 rings (SSSR count). The van der Waals surface area contributed by atoms with Gasteiger partial charge in [-0.15, -0.1) is 0 Å². The summed E-state index contributed by atoms with van der Waals surface area (Å²) in [7, 11) is -0.717. The predicted molar refractivity (Wildman–Crippen MR) is 164 cm³/mol. The Morgan fingerprint density at radius 3 is 2.18 bits per heavy atom. The number of hydrogen-bond acceptors (Lipinski definition) is 8. The maximum Gasteiger partial charge on any atom is 0.482 e. The summed E-state index contributed by atoms with van der Waals surface area (Å²) >= 11 is 0. The number of ether oxygens (including phenoxy) is 1. The van der Waals surface area contributed by atoms with Crippen LogP contribution in [0.4, 0.5) is 14.9 Å². The van der Waals surface area contributed by atoms with Crippen molar-refractivity contribution in [2.24, 2.45) is 5.92 Å². The van der Waals surface area contributed by atoms with E-state index in [1.165, 1.54) is 30.5 Å². The van der Waals surface area contributed by atoms with E-state index in [2.05, 4.69) is 20.6 Å². The average Bonchev–Trinajstić information content (AvgIpc) is 3.15. The number of amides is 2. The van der Waals surface area contributed by atoms with Gasteiger partial charge >= 0.3 is 13.2 Å². The molecule has 1 saturated heterocycles. The zero-order valence-corrected chi connectivity index (χ0v) is 26.4. The van der Waals surface area contributed by atoms with Crippen LogP contribution in [-0.4, -0.2) is 50.8 Å². The molecule has 2 amide bonds. The van der Waals surface area contributed by atoms with E-state index < -0.39 is 54.2 Å². The summed E-state index contributed by atoms with van der Waals surface area (Å²) in [5.74, 6) is -1.46. The number of halogens is 1. The molecule has 2 N–H and O–H groups in total. The highest BCUT2D eigenvalue weighted by Crippen LogP contribution is 2.38. The third-order valence-corrected chi connectivity index (χ3v) is 8.13. The van der Waals surface area contributed by atoms with Crippen molar-refractivity contribution in [1.29, 1.82) is 0 Å². The fourth-order valence-corrected chi connectivity index (χ4v) is 4.75. The van der Waals surface area contributed by atoms with Gasteiger partial charge in [-0.3, -0.25) is 24.5 Å². The Morgan fingerprint density at radius 2 is 1.61 bits per heavy atom. The number of nitrogens with zero attached hydrogens (tertiary/aromatic N) is 3. The molecule has 1 aliphatic rings. The lowest BCUT2D eigenvalue weighted by molar-refractivity contribution is -0.122. The monoisotopic (exact) mass is 607 g/mol. The molecule has 3 heterocycles. The normalized spacial score (nSPS) is 16.1. The van der Waals surface area contributed by atoms with Gasteiger partial charge in [0.25, 0.3) is 5.56 Å². The predicted octanol–water partition coefficient (Wildman–Crippen LogP) is 4.58. The summed E-state index contributed by atoms with van der Waals surface area (Å²) in [6.07, 6.45) is 3.65. The SMILES string of the molecule is Cc1cncc(C)c1COC(=O)Nc1cnc(-c2ccc(F)cc2)n(CC(=O)NC(B2OC(C)(C)C(C)(C)O2)C(C)C)c1=O. The van der Waals surface area contributed by atoms with Crippen LogP contribution in [0.25, 0.3) is 11.4 Å². The molecule has 0 aliphatic carbocycles. The number of carbonyl (C=O) groups is 2. The van der Waals surface area contributed by atoms with E-state index in [9.17, 15) is 18.8 Å². The fraction of sp³-hybridized carbons (Fsp3) is 0.452. The first kappa shape index (κ1) is 32.8. The topological polar surface area (TPSA) is 134 Å². The van der Waals surface area contributed by atoms with Crippen LogP contribution in [0.1, 0.15) is 58.2 Å². The fourth-order valence-electron chi connectivity index (χ4n) is 4.75. The molecular weight excluding hydrogens is 568 g/mol. The first-order valence-electron chi connectivity index (χ1n) is 14.4. The van der Waals surface area contributed by atoms with Gasteiger partial charge in [-0.05, 0) is 88.4 Å². The molecule has 1 fully saturated rings. The first-order valence-corrected chi connectivity index (χ1v) is 14.4. The summed E-state index contributed by atoms with van der Waals surface area (Å²) in [6, 6.07) is 5.36. The molecule has 234 valence electrons. The summed E-state index contributed by atoms with van der Waals surface area (Å²) in [4.78, 5) is 48.3. The minimum absolute atomic E-state index is 0.0286. The van der Waals surface area contributed by atoms with E-state index >= 15 is 0 Å². The van der Waals surface area contributed by atoms with Crippen LogP contribution in [0, 0.1) is 25.6 Å². The number of pyridine rings is 1. The standard InChI is InChI=1S/C31H39BFN5O6/c1-18(2)26(32-43-30(5,6)31(7,8)44-32)37-25(39)16-38-27(21-9-11-22(33)12-10-21)35-15-24(28(38)40)36-29(41)42-17-23-19(3)13-34-14-20(23)4/h9-15,18,26H,16-17H2,1-8H3,(H,36,41)(H,37,39). The maximum atomic E-state index is 13.7. The van der Waals surface area contributed by atoms with Gasteiger partial charge in [-0.1, -0.05) is 13.8 Å². The molecule has 1 unspecified atom stereocenters. The van der Waals surface area contributed by atoms with Gasteiger partial charge < -0.3 is 19.4 Å². The van der Waals surface area contributed by atoms with Crippen LogP contribution >= 0.6 is 0 Å². The second-order valence-corrected chi connectivity index (χ2v) is 12.3. The quantitative estimate of drug-likeness (QED) is 0.338. The van der Waals surface area contributed by atoms with Crippen molar-refractivity contribution >= 4 is 24.8 Å². The number of aromatic nitrogens is 3. The van der Waals surface area contributed by atoms with Crippen molar-refractivity contribution < 1.29 is 28.0 Å². The van der Waals surface area contributed by atoms with Crippen LogP contribution in [-0.2, 0) is 32.0 Å². The molecule has 0 bridgehead atoms. The zero-order valence-electron chi connectivity index (χ0n) is 26.4. The van der Waals surface area contributed by atoms with E-state index in [-0.39, 0.29) is 24.0 Å². The van der Waals surface area contributed by atoms with Crippen molar-refractivity contribution in [3.8, 4) is 11.4 Å². The number of rotatable bonds is 9. The van der Waals surface area contributed by atoms with Crippen molar-refractivity contribution in [2.75, 3.05) is 5.32 Å². The van der Waals surface area contributed by atoms with Gasteiger partial charge in [-0.2, -0.15) is 0 Å². The molecule has 1 atom stereocenters. The molecule has 0 radical (unpaired) electrons. The summed E-state index contributed by atoms with van der Waals surface area (Å²) in [6.45, 7) is 14.8. The molecular formula is C31H39BFN5O6. The Hall–Kier alpha value is -4.10. The Labute approximate surface area is 256 Å². The lowest BCUT2D eigenvalue weighted by Crippen LogP contribution is -2.52. The summed E-state index contributed by atoms with van der Waals surface area (Å²) in [5.41, 5.74) is 0.831. The molecule has 11 nitrogen and oxygen atoms in total. The van der Waals surface area contributed by atoms with Crippen molar-refractivity contribution in [2.45, 2.75) is 85.7 Å². The van der Waals surface area contributed by atoms with Crippen LogP contribution in [0.15, 0.2) is 47.7 Å². The Balaban J connectivity index is 1.58. The van der Waals surface area contributed by atoms with Crippen molar-refractivity contribution in [1.82, 2.24) is 19.9 Å². The van der Waals surface area contributed by atoms with Gasteiger partial charge in [0.2, 0.25) is 5.91 Å². The highest BCUT2D eigenvalue weighted by molar-refractivity contribution is 6.48. The van der Waals surface area contributed by atoms with Crippen molar-refractivity contribution in [3.63, 3.8) is 0 Å². The van der Waals surface area contributed by atoms with Gasteiger partial charge in [0, 0.05) is 18.0 Å². The van der Waals surface area contributed by atoms with Crippen LogP contribution in [0.5, 0.6) is 0 Å². The van der Waals surface area contributed by atoms with E-state index in [0.29, 0.717) is 5.56 Å². The molecule has 1 aliphatic heterocycles. The Morgan fingerprint density at radius 1 is 1.02 bits per heavy atom. The number of hydrogen-bond donors (Lipinski definition) is 2. The maximum absolute atomic E-state index is 13.7. The molecule has 1 aromatic carbocycles. The Kier molecular flexibility index (Phi) is 9.60. The van der Waals surface area contributed by atoms with Gasteiger partial charge in [0.05, 0.1) is 23.3 Å². The van der Waals surface area contributed by atoms with E-state index in [4.69, 9.17) is 14.0 Å². The summed E-state index contributed by atoms with van der Waals surface area (Å²) in [5, 5.41) is 5.39. The number of aryl methyl sites for hydroxylation is 2. The highest BCUT2D eigenvalue weighted by atomic mass is 19.1. The summed E-state index contributed by atoms with van der Waals surface area (Å²) < 4.78 is 32.5. The van der Waals surface area contributed by atoms with E-state index in [1.54, 1.807) is 12.4 Å². The van der Waals surface area contributed by atoms with E-state index in [1.807, 2.05) is 55.4 Å². The second-order valence-electron chi connectivity index (χ2n) is 12.3. The first-order chi connectivity index (χ1) is 20.6. The lowest BCUT2D eigenvalue weighted by atomic mass is 9.72. The molecule has 44 heavy (non-hydrogen) atoms. The molecule has 0 saturated carbocycles. The lowest BCUT2D eigenvalue weighted by Gasteiger charge is -2.32. The minimum Gasteiger partial charge on any atom is -0.444 e. The third kappa shape index (κ3) is 7.16. The molecule has 0 spiro atoms. The molecule has 2 aromatic heterocycles. The van der Waals surface area contributed by atoms with Gasteiger partial charge in [-0.25, -0.2) is 14.2 Å². The number of anilines is 1. The van der Waals surface area contributed by atoms with Gasteiger partial charge in [0.1, 0.15) is 30.5 Å². The van der Waals surface area contributed by atoms with E-state index in [0.717, 1.165) is 21.3 Å². The van der Waals surface area contributed by atoms with Crippen molar-refractivity contribution in [3.05, 3.63) is 75.7 Å². The van der Waals surface area contributed by atoms with Crippen LogP contribution < -0.4 is 16.2 Å². The molecule has 13 heteroatoms. The zero-order chi connectivity index (χ0) is 32.4.